The van der Waals surface area contributed by atoms with E-state index in [0.29, 0.717) is 25.0 Å². The number of aryl methyl sites for hydroxylation is 1. The summed E-state index contributed by atoms with van der Waals surface area (Å²) < 4.78 is 3.01. The number of carbonyl (C=O) groups is 2. The molecule has 0 saturated heterocycles. The fourth-order valence-corrected chi connectivity index (χ4v) is 2.69. The first-order valence-corrected chi connectivity index (χ1v) is 7.67. The summed E-state index contributed by atoms with van der Waals surface area (Å²) in [7, 11) is 0. The van der Waals surface area contributed by atoms with Gasteiger partial charge < -0.3 is 10.0 Å². The first-order valence-electron chi connectivity index (χ1n) is 7.67. The maximum absolute atomic E-state index is 12.5. The maximum Gasteiger partial charge on any atom is 0.329 e. The minimum absolute atomic E-state index is 0.153. The predicted octanol–water partition coefficient (Wildman–Crippen LogP) is 1.15. The zero-order chi connectivity index (χ0) is 17.0. The van der Waals surface area contributed by atoms with Crippen LogP contribution in [0.3, 0.4) is 0 Å². The van der Waals surface area contributed by atoms with E-state index in [0.717, 1.165) is 5.52 Å². The number of aromatic nitrogens is 2. The Bertz CT molecular complexity index is 775. The van der Waals surface area contributed by atoms with Crippen LogP contribution in [0.1, 0.15) is 20.3 Å². The van der Waals surface area contributed by atoms with Gasteiger partial charge in [0.1, 0.15) is 13.1 Å². The number of hydrogen-bond donors (Lipinski definition) is 1. The van der Waals surface area contributed by atoms with Crippen LogP contribution in [0.15, 0.2) is 29.1 Å². The molecule has 1 aromatic heterocycles. The number of aliphatic carboxylic acids is 1. The number of amides is 1. The van der Waals surface area contributed by atoms with E-state index in [1.807, 2.05) is 32.0 Å². The zero-order valence-corrected chi connectivity index (χ0v) is 13.4. The van der Waals surface area contributed by atoms with E-state index >= 15 is 0 Å². The second-order valence-electron chi connectivity index (χ2n) is 5.31. The van der Waals surface area contributed by atoms with Crippen LogP contribution in [-0.2, 0) is 22.7 Å². The molecule has 0 fully saturated rings. The molecule has 0 saturated carbocycles. The summed E-state index contributed by atoms with van der Waals surface area (Å²) in [6, 6.07) is 7.28. The van der Waals surface area contributed by atoms with Crippen LogP contribution in [0.4, 0.5) is 0 Å². The third kappa shape index (κ3) is 3.44. The van der Waals surface area contributed by atoms with Crippen molar-refractivity contribution in [2.75, 3.05) is 13.1 Å². The van der Waals surface area contributed by atoms with Gasteiger partial charge in [0.15, 0.2) is 0 Å². The number of rotatable bonds is 7. The van der Waals surface area contributed by atoms with Crippen LogP contribution in [0.2, 0.25) is 0 Å². The van der Waals surface area contributed by atoms with Crippen molar-refractivity contribution in [3.05, 3.63) is 34.7 Å². The highest BCUT2D eigenvalue weighted by Crippen LogP contribution is 2.13. The molecule has 0 aliphatic heterocycles. The topological polar surface area (TPSA) is 84.5 Å². The molecule has 2 aromatic rings. The van der Waals surface area contributed by atoms with E-state index in [9.17, 15) is 14.4 Å². The van der Waals surface area contributed by atoms with Gasteiger partial charge in [-0.2, -0.15) is 0 Å². The van der Waals surface area contributed by atoms with Crippen molar-refractivity contribution >= 4 is 22.9 Å². The fraction of sp³-hybridized carbons (Fsp3) is 0.438. The number of carboxylic acid groups (broad SMARTS) is 1. The van der Waals surface area contributed by atoms with Gasteiger partial charge in [0, 0.05) is 13.1 Å². The lowest BCUT2D eigenvalue weighted by atomic mass is 10.3. The maximum atomic E-state index is 12.5. The van der Waals surface area contributed by atoms with Crippen LogP contribution < -0.4 is 5.69 Å². The Kier molecular flexibility index (Phi) is 5.20. The van der Waals surface area contributed by atoms with Gasteiger partial charge in [-0.1, -0.05) is 19.1 Å². The standard InChI is InChI=1S/C16H21N3O4/c1-3-9-17(11-15(21)22)14(20)10-19-13-8-6-5-7-12(13)18(4-2)16(19)23/h5-8H,3-4,9-11H2,1-2H3,(H,21,22). The summed E-state index contributed by atoms with van der Waals surface area (Å²) in [6.07, 6.45) is 0.657. The van der Waals surface area contributed by atoms with Gasteiger partial charge in [0.25, 0.3) is 0 Å². The molecule has 7 heteroatoms. The van der Waals surface area contributed by atoms with Gasteiger partial charge in [0.2, 0.25) is 5.91 Å². The van der Waals surface area contributed by atoms with Crippen LogP contribution in [0.5, 0.6) is 0 Å². The molecule has 23 heavy (non-hydrogen) atoms. The van der Waals surface area contributed by atoms with Gasteiger partial charge >= 0.3 is 11.7 Å². The molecule has 0 bridgehead atoms. The average Bonchev–Trinajstić information content (AvgIpc) is 2.78. The smallest absolute Gasteiger partial charge is 0.329 e. The quantitative estimate of drug-likeness (QED) is 0.829. The third-order valence-corrected chi connectivity index (χ3v) is 3.71. The van der Waals surface area contributed by atoms with Gasteiger partial charge in [-0.25, -0.2) is 4.79 Å². The van der Waals surface area contributed by atoms with Gasteiger partial charge in [0.05, 0.1) is 11.0 Å². The van der Waals surface area contributed by atoms with Gasteiger partial charge in [-0.05, 0) is 25.5 Å². The Morgan fingerprint density at radius 3 is 2.26 bits per heavy atom. The van der Waals surface area contributed by atoms with E-state index in [1.54, 1.807) is 10.6 Å². The Labute approximate surface area is 133 Å². The molecule has 124 valence electrons. The normalized spacial score (nSPS) is 10.9. The van der Waals surface area contributed by atoms with Crippen LogP contribution in [0, 0.1) is 0 Å². The highest BCUT2D eigenvalue weighted by molar-refractivity contribution is 5.83. The van der Waals surface area contributed by atoms with E-state index < -0.39 is 5.97 Å². The number of hydrogen-bond acceptors (Lipinski definition) is 3. The van der Waals surface area contributed by atoms with Crippen molar-refractivity contribution in [3.8, 4) is 0 Å². The molecule has 2 rings (SSSR count). The molecule has 0 unspecified atom stereocenters. The highest BCUT2D eigenvalue weighted by atomic mass is 16.4. The molecule has 0 atom stereocenters. The fourth-order valence-electron chi connectivity index (χ4n) is 2.69. The molecule has 0 aliphatic carbocycles. The van der Waals surface area contributed by atoms with Crippen molar-refractivity contribution in [2.45, 2.75) is 33.4 Å². The first kappa shape index (κ1) is 16.8. The summed E-state index contributed by atoms with van der Waals surface area (Å²) in [6.45, 7) is 4.10. The Hall–Kier alpha value is -2.57. The number of nitrogens with zero attached hydrogens (tertiary/aromatic N) is 3. The summed E-state index contributed by atoms with van der Waals surface area (Å²) in [4.78, 5) is 37.1. The number of fused-ring (bicyclic) bond motifs is 1. The van der Waals surface area contributed by atoms with Crippen molar-refractivity contribution in [1.29, 1.82) is 0 Å². The lowest BCUT2D eigenvalue weighted by Gasteiger charge is -2.20. The Balaban J connectivity index is 2.37. The summed E-state index contributed by atoms with van der Waals surface area (Å²) in [5.74, 6) is -1.43. The van der Waals surface area contributed by atoms with Crippen LogP contribution >= 0.6 is 0 Å². The van der Waals surface area contributed by atoms with E-state index in [4.69, 9.17) is 5.11 Å². The number of para-hydroxylation sites is 2. The zero-order valence-electron chi connectivity index (χ0n) is 13.4. The van der Waals surface area contributed by atoms with Crippen molar-refractivity contribution in [3.63, 3.8) is 0 Å². The van der Waals surface area contributed by atoms with Crippen LogP contribution in [-0.4, -0.2) is 44.1 Å². The molecule has 0 aliphatic rings. The highest BCUT2D eigenvalue weighted by Gasteiger charge is 2.19. The number of benzene rings is 1. The number of carboxylic acids is 1. The molecule has 7 nitrogen and oxygen atoms in total. The largest absolute Gasteiger partial charge is 0.480 e. The van der Waals surface area contributed by atoms with E-state index in [1.165, 1.54) is 9.47 Å². The Morgan fingerprint density at radius 2 is 1.74 bits per heavy atom. The first-order chi connectivity index (χ1) is 11.0. The molecule has 1 heterocycles. The van der Waals surface area contributed by atoms with Crippen LogP contribution in [0.25, 0.3) is 11.0 Å². The van der Waals surface area contributed by atoms with Gasteiger partial charge in [-0.3, -0.25) is 18.7 Å². The molecule has 1 N–H and O–H groups in total. The molecule has 1 aromatic carbocycles. The third-order valence-electron chi connectivity index (χ3n) is 3.71. The predicted molar refractivity (Wildman–Crippen MR) is 86.4 cm³/mol. The summed E-state index contributed by atoms with van der Waals surface area (Å²) >= 11 is 0. The minimum Gasteiger partial charge on any atom is -0.480 e. The van der Waals surface area contributed by atoms with E-state index in [-0.39, 0.29) is 24.7 Å². The molecular formula is C16H21N3O4. The molecule has 0 radical (unpaired) electrons. The van der Waals surface area contributed by atoms with E-state index in [2.05, 4.69) is 0 Å². The minimum atomic E-state index is -1.06. The summed E-state index contributed by atoms with van der Waals surface area (Å²) in [5, 5.41) is 8.93. The lowest BCUT2D eigenvalue weighted by molar-refractivity contribution is -0.144. The second-order valence-corrected chi connectivity index (χ2v) is 5.31. The van der Waals surface area contributed by atoms with Crippen molar-refractivity contribution < 1.29 is 14.7 Å². The van der Waals surface area contributed by atoms with Gasteiger partial charge in [-0.15, -0.1) is 0 Å². The SMILES string of the molecule is CCCN(CC(=O)O)C(=O)Cn1c(=O)n(CC)c2ccccc21. The molecular weight excluding hydrogens is 298 g/mol. The second kappa shape index (κ2) is 7.13. The number of carbonyl (C=O) groups excluding carboxylic acids is 1. The lowest BCUT2D eigenvalue weighted by Crippen LogP contribution is -2.40. The molecule has 1 amide bonds. The number of imidazole rings is 1. The average molecular weight is 319 g/mol. The van der Waals surface area contributed by atoms with Crippen molar-refractivity contribution in [2.24, 2.45) is 0 Å². The summed E-state index contributed by atoms with van der Waals surface area (Å²) in [5.41, 5.74) is 1.20. The molecule has 0 spiro atoms. The van der Waals surface area contributed by atoms with Crippen molar-refractivity contribution in [1.82, 2.24) is 14.0 Å². The Morgan fingerprint density at radius 1 is 1.13 bits per heavy atom. The monoisotopic (exact) mass is 319 g/mol.